The predicted octanol–water partition coefficient (Wildman–Crippen LogP) is 1.21. The van der Waals surface area contributed by atoms with Crippen LogP contribution >= 0.6 is 12.6 Å². The van der Waals surface area contributed by atoms with Crippen LogP contribution in [0.25, 0.3) is 0 Å². The Balaban J connectivity index is 2.84. The lowest BCUT2D eigenvalue weighted by Crippen LogP contribution is -2.57. The fraction of sp³-hybridized carbons (Fsp3) is 0.538. The Morgan fingerprint density at radius 3 is 2.00 bits per heavy atom. The SMILES string of the molecule is CC(C)COC(=O)N[C@@H](CCC(=O)O)C(=O)N[C@@H](CC(F)F)C(=O)N[C@@H](CS)C(=O)NCCc1ccc(C(=O)O)cc1. The highest BCUT2D eigenvalue weighted by molar-refractivity contribution is 7.80. The van der Waals surface area contributed by atoms with Gasteiger partial charge in [-0.15, -0.1) is 0 Å². The van der Waals surface area contributed by atoms with Crippen LogP contribution in [0.2, 0.25) is 0 Å². The van der Waals surface area contributed by atoms with Crippen LogP contribution in [0.15, 0.2) is 24.3 Å². The van der Waals surface area contributed by atoms with E-state index in [0.717, 1.165) is 5.56 Å². The van der Waals surface area contributed by atoms with Crippen molar-refractivity contribution in [3.05, 3.63) is 35.4 Å². The molecule has 13 nitrogen and oxygen atoms in total. The number of carbonyl (C=O) groups is 6. The van der Waals surface area contributed by atoms with E-state index >= 15 is 0 Å². The van der Waals surface area contributed by atoms with Gasteiger partial charge in [-0.3, -0.25) is 19.2 Å². The van der Waals surface area contributed by atoms with E-state index in [-0.39, 0.29) is 30.4 Å². The van der Waals surface area contributed by atoms with Gasteiger partial charge in [0.25, 0.3) is 0 Å². The molecule has 6 N–H and O–H groups in total. The summed E-state index contributed by atoms with van der Waals surface area (Å²) in [5.41, 5.74) is 0.826. The van der Waals surface area contributed by atoms with E-state index in [0.29, 0.717) is 6.42 Å². The molecule has 0 unspecified atom stereocenters. The molecule has 0 heterocycles. The molecule has 42 heavy (non-hydrogen) atoms. The quantitative estimate of drug-likeness (QED) is 0.118. The maximum Gasteiger partial charge on any atom is 0.407 e. The van der Waals surface area contributed by atoms with Gasteiger partial charge in [0, 0.05) is 25.1 Å². The Hall–Kier alpha value is -3.95. The topological polar surface area (TPSA) is 200 Å². The minimum atomic E-state index is -3.04. The molecule has 0 spiro atoms. The van der Waals surface area contributed by atoms with Gasteiger partial charge in [-0.2, -0.15) is 12.6 Å². The number of aliphatic carboxylic acids is 1. The summed E-state index contributed by atoms with van der Waals surface area (Å²) in [4.78, 5) is 72.2. The number of carboxylic acid groups (broad SMARTS) is 2. The Labute approximate surface area is 246 Å². The van der Waals surface area contributed by atoms with Gasteiger partial charge in [0.2, 0.25) is 24.1 Å². The van der Waals surface area contributed by atoms with Crippen LogP contribution in [0, 0.1) is 5.92 Å². The Morgan fingerprint density at radius 1 is 0.881 bits per heavy atom. The zero-order valence-electron chi connectivity index (χ0n) is 23.1. The molecular formula is C26H36F2N4O9S. The number of hydrogen-bond acceptors (Lipinski definition) is 8. The average molecular weight is 619 g/mol. The first-order chi connectivity index (χ1) is 19.7. The molecule has 0 aliphatic rings. The van der Waals surface area contributed by atoms with Gasteiger partial charge in [-0.05, 0) is 36.5 Å². The van der Waals surface area contributed by atoms with E-state index in [9.17, 15) is 37.5 Å². The van der Waals surface area contributed by atoms with E-state index in [1.165, 1.54) is 12.1 Å². The molecule has 16 heteroatoms. The Kier molecular flexibility index (Phi) is 15.9. The molecule has 0 saturated heterocycles. The number of amides is 4. The van der Waals surface area contributed by atoms with Crippen molar-refractivity contribution in [2.24, 2.45) is 5.92 Å². The third-order valence-electron chi connectivity index (χ3n) is 5.58. The van der Waals surface area contributed by atoms with Crippen LogP contribution in [0.3, 0.4) is 0 Å². The van der Waals surface area contributed by atoms with Crippen molar-refractivity contribution in [2.45, 2.75) is 64.1 Å². The number of hydrogen-bond donors (Lipinski definition) is 7. The highest BCUT2D eigenvalue weighted by Gasteiger charge is 2.31. The number of carboxylic acids is 2. The monoisotopic (exact) mass is 618 g/mol. The van der Waals surface area contributed by atoms with E-state index in [4.69, 9.17) is 14.9 Å². The standard InChI is InChI=1S/C26H36F2N4O9S/c1-14(2)12-41-26(40)32-17(7-8-21(33)34)23(36)30-18(11-20(27)28)24(37)31-19(13-42)22(35)29-10-9-15-3-5-16(6-4-15)25(38)39/h3-6,14,17-20,42H,7-13H2,1-2H3,(H,29,35)(H,30,36)(H,31,37)(H,32,40)(H,33,34)(H,38,39)/t17-,18-,19-/m0/s1. The molecule has 1 rings (SSSR count). The van der Waals surface area contributed by atoms with E-state index < -0.39 is 79.6 Å². The first kappa shape index (κ1) is 36.1. The second kappa shape index (κ2) is 18.5. The summed E-state index contributed by atoms with van der Waals surface area (Å²) in [7, 11) is 0. The number of alkyl halides is 2. The molecule has 0 fully saturated rings. The van der Waals surface area contributed by atoms with Gasteiger partial charge in [0.15, 0.2) is 0 Å². The van der Waals surface area contributed by atoms with Crippen LogP contribution in [0.1, 0.15) is 49.0 Å². The maximum atomic E-state index is 13.3. The van der Waals surface area contributed by atoms with E-state index in [1.54, 1.807) is 26.0 Å². The summed E-state index contributed by atoms with van der Waals surface area (Å²) in [6.45, 7) is 3.62. The smallest absolute Gasteiger partial charge is 0.407 e. The van der Waals surface area contributed by atoms with Gasteiger partial charge in [-0.1, -0.05) is 26.0 Å². The minimum Gasteiger partial charge on any atom is -0.481 e. The molecule has 0 bridgehead atoms. The van der Waals surface area contributed by atoms with E-state index in [1.807, 2.05) is 0 Å². The van der Waals surface area contributed by atoms with Gasteiger partial charge in [0.05, 0.1) is 12.2 Å². The number of nitrogens with one attached hydrogen (secondary N) is 4. The summed E-state index contributed by atoms with van der Waals surface area (Å²) in [6.07, 6.45) is -5.85. The third-order valence-corrected chi connectivity index (χ3v) is 5.94. The van der Waals surface area contributed by atoms with E-state index in [2.05, 4.69) is 33.9 Å². The van der Waals surface area contributed by atoms with Gasteiger partial charge in [-0.25, -0.2) is 18.4 Å². The summed E-state index contributed by atoms with van der Waals surface area (Å²) in [6, 6.07) is 1.36. The molecule has 0 radical (unpaired) electrons. The normalized spacial score (nSPS) is 13.0. The number of ether oxygens (including phenoxy) is 1. The molecule has 0 aliphatic heterocycles. The lowest BCUT2D eigenvalue weighted by Gasteiger charge is -2.24. The number of carbonyl (C=O) groups excluding carboxylic acids is 4. The average Bonchev–Trinajstić information content (AvgIpc) is 2.91. The molecule has 0 aromatic heterocycles. The van der Waals surface area contributed by atoms with Crippen molar-refractivity contribution in [1.82, 2.24) is 21.3 Å². The number of aromatic carboxylic acids is 1. The first-order valence-corrected chi connectivity index (χ1v) is 13.6. The summed E-state index contributed by atoms with van der Waals surface area (Å²) >= 11 is 4.03. The number of thiol groups is 1. The van der Waals surface area contributed by atoms with Crippen LogP contribution < -0.4 is 21.3 Å². The number of alkyl carbamates (subject to hydrolysis) is 1. The van der Waals surface area contributed by atoms with Crippen molar-refractivity contribution in [3.63, 3.8) is 0 Å². The lowest BCUT2D eigenvalue weighted by molar-refractivity contribution is -0.137. The predicted molar refractivity (Wildman–Crippen MR) is 148 cm³/mol. The maximum absolute atomic E-state index is 13.3. The first-order valence-electron chi connectivity index (χ1n) is 13.0. The highest BCUT2D eigenvalue weighted by Crippen LogP contribution is 2.08. The van der Waals surface area contributed by atoms with Crippen molar-refractivity contribution in [2.75, 3.05) is 18.9 Å². The summed E-state index contributed by atoms with van der Waals surface area (Å²) < 4.78 is 31.5. The second-order valence-electron chi connectivity index (χ2n) is 9.60. The number of halogens is 2. The van der Waals surface area contributed by atoms with Crippen LogP contribution in [0.4, 0.5) is 13.6 Å². The second-order valence-corrected chi connectivity index (χ2v) is 9.96. The van der Waals surface area contributed by atoms with Crippen molar-refractivity contribution in [3.8, 4) is 0 Å². The molecule has 1 aromatic carbocycles. The molecule has 3 atom stereocenters. The fourth-order valence-electron chi connectivity index (χ4n) is 3.38. The lowest BCUT2D eigenvalue weighted by atomic mass is 10.1. The van der Waals surface area contributed by atoms with Crippen LogP contribution in [-0.2, 0) is 30.3 Å². The van der Waals surface area contributed by atoms with Crippen molar-refractivity contribution >= 4 is 48.4 Å². The number of benzene rings is 1. The third kappa shape index (κ3) is 14.1. The molecule has 0 aliphatic carbocycles. The van der Waals surface area contributed by atoms with Crippen molar-refractivity contribution in [1.29, 1.82) is 0 Å². The molecule has 0 saturated carbocycles. The minimum absolute atomic E-state index is 0.000299. The Morgan fingerprint density at radius 2 is 1.48 bits per heavy atom. The largest absolute Gasteiger partial charge is 0.481 e. The zero-order valence-corrected chi connectivity index (χ0v) is 24.0. The molecule has 4 amide bonds. The van der Waals surface area contributed by atoms with Gasteiger partial charge in [0.1, 0.15) is 18.1 Å². The number of rotatable bonds is 18. The van der Waals surface area contributed by atoms with Crippen LogP contribution in [0.5, 0.6) is 0 Å². The molecule has 234 valence electrons. The van der Waals surface area contributed by atoms with Crippen molar-refractivity contribution < 1.29 is 52.5 Å². The van der Waals surface area contributed by atoms with Crippen LogP contribution in [-0.4, -0.2) is 89.4 Å². The summed E-state index contributed by atoms with van der Waals surface area (Å²) in [5.74, 6) is -5.53. The summed E-state index contributed by atoms with van der Waals surface area (Å²) in [5, 5.41) is 27.0. The van der Waals surface area contributed by atoms with Gasteiger partial charge < -0.3 is 36.2 Å². The Bertz CT molecular complexity index is 1090. The van der Waals surface area contributed by atoms with Gasteiger partial charge >= 0.3 is 18.0 Å². The highest BCUT2D eigenvalue weighted by atomic mass is 32.1. The fourth-order valence-corrected chi connectivity index (χ4v) is 3.64. The molecular weight excluding hydrogens is 582 g/mol. The molecule has 1 aromatic rings. The zero-order chi connectivity index (χ0) is 31.8.